The van der Waals surface area contributed by atoms with Gasteiger partial charge in [-0.1, -0.05) is 18.2 Å². The lowest BCUT2D eigenvalue weighted by atomic mass is 10.0. The van der Waals surface area contributed by atoms with Crippen LogP contribution in [0.5, 0.6) is 0 Å². The summed E-state index contributed by atoms with van der Waals surface area (Å²) in [6.07, 6.45) is 1.54. The van der Waals surface area contributed by atoms with Crippen LogP contribution in [0.4, 0.5) is 0 Å². The number of benzene rings is 1. The Morgan fingerprint density at radius 1 is 1.42 bits per heavy atom. The number of hydrogen-bond donors (Lipinski definition) is 1. The molecule has 3 nitrogen and oxygen atoms in total. The van der Waals surface area contributed by atoms with Crippen LogP contribution in [0.15, 0.2) is 18.2 Å². The molecule has 1 aliphatic heterocycles. The summed E-state index contributed by atoms with van der Waals surface area (Å²) in [5, 5.41) is 0. The van der Waals surface area contributed by atoms with Crippen molar-refractivity contribution >= 4 is 5.91 Å². The molecular formula is C16H24N2O. The van der Waals surface area contributed by atoms with Crippen molar-refractivity contribution in [3.63, 3.8) is 0 Å². The van der Waals surface area contributed by atoms with Gasteiger partial charge in [-0.2, -0.15) is 0 Å². The van der Waals surface area contributed by atoms with Gasteiger partial charge in [-0.25, -0.2) is 0 Å². The van der Waals surface area contributed by atoms with E-state index >= 15 is 0 Å². The quantitative estimate of drug-likeness (QED) is 0.904. The molecule has 0 spiro atoms. The molecular weight excluding hydrogens is 236 g/mol. The molecule has 2 atom stereocenters. The normalized spacial score (nSPS) is 20.6. The summed E-state index contributed by atoms with van der Waals surface area (Å²) < 4.78 is 0. The van der Waals surface area contributed by atoms with Crippen LogP contribution in [-0.4, -0.2) is 29.9 Å². The van der Waals surface area contributed by atoms with E-state index < -0.39 is 0 Å². The number of nitrogens with two attached hydrogens (primary N) is 1. The zero-order valence-corrected chi connectivity index (χ0v) is 12.1. The third kappa shape index (κ3) is 3.35. The molecule has 2 unspecified atom stereocenters. The summed E-state index contributed by atoms with van der Waals surface area (Å²) >= 11 is 0. The Kier molecular flexibility index (Phi) is 4.25. The number of hydrogen-bond acceptors (Lipinski definition) is 2. The molecule has 19 heavy (non-hydrogen) atoms. The van der Waals surface area contributed by atoms with E-state index in [1.165, 1.54) is 11.1 Å². The maximum absolute atomic E-state index is 12.3. The first-order valence-electron chi connectivity index (χ1n) is 7.07. The van der Waals surface area contributed by atoms with Crippen LogP contribution in [0.1, 0.15) is 30.0 Å². The minimum Gasteiger partial charge on any atom is -0.342 e. The molecule has 2 rings (SSSR count). The number of likely N-dealkylation sites (tertiary alicyclic amines) is 1. The van der Waals surface area contributed by atoms with E-state index in [0.29, 0.717) is 12.3 Å². The van der Waals surface area contributed by atoms with E-state index in [2.05, 4.69) is 32.0 Å². The highest BCUT2D eigenvalue weighted by Crippen LogP contribution is 2.20. The Hall–Kier alpha value is -1.35. The second-order valence-corrected chi connectivity index (χ2v) is 5.84. The van der Waals surface area contributed by atoms with Gasteiger partial charge < -0.3 is 10.6 Å². The summed E-state index contributed by atoms with van der Waals surface area (Å²) in [5.74, 6) is 0.690. The number of amides is 1. The summed E-state index contributed by atoms with van der Waals surface area (Å²) in [7, 11) is 0. The number of rotatable bonds is 3. The molecule has 0 radical (unpaired) electrons. The Balaban J connectivity index is 1.96. The molecule has 0 aliphatic carbocycles. The average molecular weight is 260 g/mol. The van der Waals surface area contributed by atoms with Gasteiger partial charge in [0.05, 0.1) is 6.42 Å². The smallest absolute Gasteiger partial charge is 0.226 e. The first kappa shape index (κ1) is 14.1. The molecule has 1 fully saturated rings. The number of aryl methyl sites for hydroxylation is 2. The van der Waals surface area contributed by atoms with E-state index in [9.17, 15) is 4.79 Å². The van der Waals surface area contributed by atoms with Gasteiger partial charge in [-0.05, 0) is 49.8 Å². The topological polar surface area (TPSA) is 46.3 Å². The van der Waals surface area contributed by atoms with Gasteiger partial charge in [-0.15, -0.1) is 0 Å². The Morgan fingerprint density at radius 3 is 2.74 bits per heavy atom. The number of nitrogens with zero attached hydrogens (tertiary/aromatic N) is 1. The van der Waals surface area contributed by atoms with Gasteiger partial charge >= 0.3 is 0 Å². The molecule has 0 saturated carbocycles. The third-order valence-corrected chi connectivity index (χ3v) is 4.25. The summed E-state index contributed by atoms with van der Waals surface area (Å²) in [6.45, 7) is 7.89. The molecule has 1 amide bonds. The van der Waals surface area contributed by atoms with Crippen LogP contribution >= 0.6 is 0 Å². The Morgan fingerprint density at radius 2 is 2.16 bits per heavy atom. The van der Waals surface area contributed by atoms with E-state index in [0.717, 1.165) is 25.1 Å². The second-order valence-electron chi connectivity index (χ2n) is 5.84. The summed E-state index contributed by atoms with van der Waals surface area (Å²) in [4.78, 5) is 14.2. The van der Waals surface area contributed by atoms with Crippen LogP contribution < -0.4 is 5.73 Å². The van der Waals surface area contributed by atoms with Crippen molar-refractivity contribution in [2.24, 2.45) is 11.7 Å². The van der Waals surface area contributed by atoms with Gasteiger partial charge in [0.1, 0.15) is 0 Å². The Labute approximate surface area is 115 Å². The van der Waals surface area contributed by atoms with E-state index in [4.69, 9.17) is 5.73 Å². The predicted molar refractivity (Wildman–Crippen MR) is 78.0 cm³/mol. The van der Waals surface area contributed by atoms with E-state index in [1.807, 2.05) is 11.8 Å². The molecule has 1 saturated heterocycles. The van der Waals surface area contributed by atoms with Crippen molar-refractivity contribution in [2.45, 2.75) is 39.7 Å². The van der Waals surface area contributed by atoms with Gasteiger partial charge in [0.25, 0.3) is 0 Å². The zero-order chi connectivity index (χ0) is 14.0. The predicted octanol–water partition coefficient (Wildman–Crippen LogP) is 2.04. The van der Waals surface area contributed by atoms with Crippen LogP contribution in [0.3, 0.4) is 0 Å². The zero-order valence-electron chi connectivity index (χ0n) is 12.1. The summed E-state index contributed by atoms with van der Waals surface area (Å²) in [6, 6.07) is 6.44. The highest BCUT2D eigenvalue weighted by atomic mass is 16.2. The van der Waals surface area contributed by atoms with Crippen molar-refractivity contribution in [2.75, 3.05) is 13.1 Å². The van der Waals surface area contributed by atoms with Crippen LogP contribution in [0.2, 0.25) is 0 Å². The molecule has 0 aromatic heterocycles. The largest absolute Gasteiger partial charge is 0.342 e. The lowest BCUT2D eigenvalue weighted by Gasteiger charge is -2.18. The van der Waals surface area contributed by atoms with Gasteiger partial charge in [0, 0.05) is 19.1 Å². The second kappa shape index (κ2) is 5.74. The average Bonchev–Trinajstić information content (AvgIpc) is 2.83. The van der Waals surface area contributed by atoms with Crippen molar-refractivity contribution in [1.82, 2.24) is 4.90 Å². The fraction of sp³-hybridized carbons (Fsp3) is 0.562. The van der Waals surface area contributed by atoms with Crippen LogP contribution in [0.25, 0.3) is 0 Å². The minimum absolute atomic E-state index is 0.180. The molecule has 1 aliphatic rings. The molecule has 104 valence electrons. The summed E-state index contributed by atoms with van der Waals surface area (Å²) in [5.41, 5.74) is 9.54. The Bertz CT molecular complexity index is 468. The number of carbonyl (C=O) groups is 1. The van der Waals surface area contributed by atoms with Crippen molar-refractivity contribution in [1.29, 1.82) is 0 Å². The van der Waals surface area contributed by atoms with Gasteiger partial charge in [0.15, 0.2) is 0 Å². The fourth-order valence-corrected chi connectivity index (χ4v) is 2.64. The van der Waals surface area contributed by atoms with Crippen molar-refractivity contribution in [3.8, 4) is 0 Å². The third-order valence-electron chi connectivity index (χ3n) is 4.25. The molecule has 1 aromatic rings. The SMILES string of the molecule is Cc1ccc(CC(=O)N2CCC(C(C)N)C2)cc1C. The van der Waals surface area contributed by atoms with E-state index in [-0.39, 0.29) is 11.9 Å². The van der Waals surface area contributed by atoms with Crippen LogP contribution in [0, 0.1) is 19.8 Å². The molecule has 1 heterocycles. The molecule has 2 N–H and O–H groups in total. The molecule has 1 aromatic carbocycles. The van der Waals surface area contributed by atoms with Gasteiger partial charge in [0.2, 0.25) is 5.91 Å². The highest BCUT2D eigenvalue weighted by Gasteiger charge is 2.28. The van der Waals surface area contributed by atoms with Crippen molar-refractivity contribution in [3.05, 3.63) is 34.9 Å². The highest BCUT2D eigenvalue weighted by molar-refractivity contribution is 5.79. The number of carbonyl (C=O) groups excluding carboxylic acids is 1. The maximum Gasteiger partial charge on any atom is 0.226 e. The molecule has 0 bridgehead atoms. The standard InChI is InChI=1S/C16H24N2O/c1-11-4-5-14(8-12(11)2)9-16(19)18-7-6-15(10-18)13(3)17/h4-5,8,13,15H,6-7,9-10,17H2,1-3H3. The van der Waals surface area contributed by atoms with Crippen molar-refractivity contribution < 1.29 is 4.79 Å². The first-order chi connectivity index (χ1) is 8.97. The fourth-order valence-electron chi connectivity index (χ4n) is 2.64. The lowest BCUT2D eigenvalue weighted by Crippen LogP contribution is -2.33. The monoisotopic (exact) mass is 260 g/mol. The minimum atomic E-state index is 0.180. The molecule has 3 heteroatoms. The first-order valence-corrected chi connectivity index (χ1v) is 7.07. The van der Waals surface area contributed by atoms with Crippen LogP contribution in [-0.2, 0) is 11.2 Å². The van der Waals surface area contributed by atoms with Gasteiger partial charge in [-0.3, -0.25) is 4.79 Å². The van der Waals surface area contributed by atoms with E-state index in [1.54, 1.807) is 0 Å². The maximum atomic E-state index is 12.3. The lowest BCUT2D eigenvalue weighted by molar-refractivity contribution is -0.129.